The first kappa shape index (κ1) is 31.9. The molecule has 0 N–H and O–H groups in total. The van der Waals surface area contributed by atoms with Crippen molar-refractivity contribution in [1.29, 1.82) is 0 Å². The molecule has 0 bridgehead atoms. The molecule has 1 spiro atoms. The SMILES string of the molecule is c1ccc(-c2cccc(N(c3ccc(-c4cccc5ccccc45)cc3)c3cccc4c3Oc3ccccc3C43c4cccc5ccc6cccc3c6c45)c2)cc1. The van der Waals surface area contributed by atoms with E-state index in [0.717, 1.165) is 39.7 Å². The van der Waals surface area contributed by atoms with Gasteiger partial charge in [-0.2, -0.15) is 0 Å². The lowest BCUT2D eigenvalue weighted by Gasteiger charge is -2.41. The predicted octanol–water partition coefficient (Wildman–Crippen LogP) is 14.8. The number of anilines is 3. The average Bonchev–Trinajstić information content (AvgIpc) is 3.58. The summed E-state index contributed by atoms with van der Waals surface area (Å²) >= 11 is 0. The van der Waals surface area contributed by atoms with Crippen LogP contribution in [-0.2, 0) is 5.41 Å². The van der Waals surface area contributed by atoms with Gasteiger partial charge in [-0.15, -0.1) is 0 Å². The fourth-order valence-corrected chi connectivity index (χ4v) is 9.88. The van der Waals surface area contributed by atoms with Crippen molar-refractivity contribution in [2.45, 2.75) is 5.41 Å². The largest absolute Gasteiger partial charge is 0.454 e. The molecule has 0 atom stereocenters. The Morgan fingerprint density at radius 2 is 0.965 bits per heavy atom. The van der Waals surface area contributed by atoms with Gasteiger partial charge < -0.3 is 9.64 Å². The Labute approximate surface area is 331 Å². The summed E-state index contributed by atoms with van der Waals surface area (Å²) in [5, 5.41) is 7.66. The number of fused-ring (bicyclic) bond motifs is 7. The zero-order chi connectivity index (χ0) is 37.5. The zero-order valence-corrected chi connectivity index (χ0v) is 31.1. The molecule has 12 rings (SSSR count). The molecule has 1 aliphatic carbocycles. The highest BCUT2D eigenvalue weighted by Crippen LogP contribution is 2.63. The highest BCUT2D eigenvalue weighted by atomic mass is 16.5. The Morgan fingerprint density at radius 3 is 1.77 bits per heavy atom. The fourth-order valence-electron chi connectivity index (χ4n) is 9.88. The van der Waals surface area contributed by atoms with Crippen molar-refractivity contribution in [3.05, 3.63) is 235 Å². The van der Waals surface area contributed by atoms with Crippen LogP contribution in [-0.4, -0.2) is 0 Å². The second-order valence-electron chi connectivity index (χ2n) is 15.2. The lowest BCUT2D eigenvalue weighted by atomic mass is 9.65. The third kappa shape index (κ3) is 4.59. The number of ether oxygens (including phenoxy) is 1. The van der Waals surface area contributed by atoms with E-state index in [0.29, 0.717) is 0 Å². The first-order valence-corrected chi connectivity index (χ1v) is 19.7. The molecule has 57 heavy (non-hydrogen) atoms. The normalized spacial score (nSPS) is 13.2. The van der Waals surface area contributed by atoms with Crippen LogP contribution >= 0.6 is 0 Å². The molecule has 0 radical (unpaired) electrons. The Balaban J connectivity index is 1.11. The van der Waals surface area contributed by atoms with Gasteiger partial charge in [0.25, 0.3) is 0 Å². The maximum absolute atomic E-state index is 7.22. The molecule has 0 saturated heterocycles. The van der Waals surface area contributed by atoms with E-state index < -0.39 is 5.41 Å². The Bertz CT molecular complexity index is 3150. The molecule has 0 amide bonds. The van der Waals surface area contributed by atoms with Crippen LogP contribution < -0.4 is 9.64 Å². The summed E-state index contributed by atoms with van der Waals surface area (Å²) in [5.74, 6) is 1.74. The van der Waals surface area contributed by atoms with E-state index in [-0.39, 0.29) is 0 Å². The molecule has 1 aliphatic heterocycles. The lowest BCUT2D eigenvalue weighted by Crippen LogP contribution is -2.33. The summed E-state index contributed by atoms with van der Waals surface area (Å²) in [5.41, 5.74) is 12.2. The quantitative estimate of drug-likeness (QED) is 0.164. The molecule has 0 unspecified atom stereocenters. The van der Waals surface area contributed by atoms with E-state index in [1.165, 1.54) is 65.7 Å². The summed E-state index contributed by atoms with van der Waals surface area (Å²) in [6, 6.07) is 77.2. The van der Waals surface area contributed by atoms with Crippen molar-refractivity contribution < 1.29 is 4.74 Å². The molecule has 2 nitrogen and oxygen atoms in total. The second kappa shape index (κ2) is 12.3. The lowest BCUT2D eigenvalue weighted by molar-refractivity contribution is 0.437. The molecule has 0 fully saturated rings. The minimum absolute atomic E-state index is 0.571. The van der Waals surface area contributed by atoms with Gasteiger partial charge in [-0.25, -0.2) is 0 Å². The Kier molecular flexibility index (Phi) is 6.88. The van der Waals surface area contributed by atoms with E-state index in [1.807, 2.05) is 0 Å². The second-order valence-corrected chi connectivity index (χ2v) is 15.2. The summed E-state index contributed by atoms with van der Waals surface area (Å²) in [4.78, 5) is 2.38. The Hall–Kier alpha value is -7.42. The Morgan fingerprint density at radius 1 is 0.368 bits per heavy atom. The molecule has 10 aromatic rings. The molecule has 2 heteroatoms. The molecule has 0 aromatic heterocycles. The smallest absolute Gasteiger partial charge is 0.156 e. The van der Waals surface area contributed by atoms with Gasteiger partial charge in [-0.1, -0.05) is 176 Å². The average molecular weight is 726 g/mol. The minimum atomic E-state index is -0.571. The van der Waals surface area contributed by atoms with Gasteiger partial charge in [-0.05, 0) is 102 Å². The summed E-state index contributed by atoms with van der Waals surface area (Å²) in [6.45, 7) is 0. The number of hydrogen-bond acceptors (Lipinski definition) is 2. The van der Waals surface area contributed by atoms with Gasteiger partial charge in [0.1, 0.15) is 5.75 Å². The first-order valence-electron chi connectivity index (χ1n) is 19.7. The molecular weight excluding hydrogens is 691 g/mol. The fraction of sp³-hybridized carbons (Fsp3) is 0.0182. The number of nitrogens with zero attached hydrogens (tertiary/aromatic N) is 1. The van der Waals surface area contributed by atoms with Gasteiger partial charge in [0.05, 0.1) is 11.1 Å². The van der Waals surface area contributed by atoms with Gasteiger partial charge >= 0.3 is 0 Å². The topological polar surface area (TPSA) is 12.5 Å². The van der Waals surface area contributed by atoms with E-state index in [2.05, 4.69) is 217 Å². The molecule has 2 aliphatic rings. The number of rotatable bonds is 5. The van der Waals surface area contributed by atoms with Gasteiger partial charge in [0.15, 0.2) is 5.75 Å². The summed E-state index contributed by atoms with van der Waals surface area (Å²) < 4.78 is 7.22. The van der Waals surface area contributed by atoms with Crippen molar-refractivity contribution in [2.24, 2.45) is 0 Å². The number of benzene rings is 10. The monoisotopic (exact) mass is 725 g/mol. The molecule has 10 aromatic carbocycles. The summed E-state index contributed by atoms with van der Waals surface area (Å²) in [6.07, 6.45) is 0. The number of para-hydroxylation sites is 2. The molecule has 266 valence electrons. The summed E-state index contributed by atoms with van der Waals surface area (Å²) in [7, 11) is 0. The number of hydrogen-bond donors (Lipinski definition) is 0. The van der Waals surface area contributed by atoms with Crippen LogP contribution in [0.5, 0.6) is 11.5 Å². The van der Waals surface area contributed by atoms with E-state index in [4.69, 9.17) is 4.74 Å². The van der Waals surface area contributed by atoms with Gasteiger partial charge in [-0.3, -0.25) is 0 Å². The van der Waals surface area contributed by atoms with Crippen LogP contribution in [0.15, 0.2) is 212 Å². The van der Waals surface area contributed by atoms with Crippen molar-refractivity contribution in [1.82, 2.24) is 0 Å². The third-order valence-electron chi connectivity index (χ3n) is 12.3. The highest BCUT2D eigenvalue weighted by molar-refractivity contribution is 6.16. The van der Waals surface area contributed by atoms with Crippen LogP contribution in [0, 0.1) is 0 Å². The standard InChI is InChI=1S/C55H35NO/c1-2-13-36(14-3-1)41-19-8-20-43(35-41)56(42-33-31-38(32-34-42)45-22-9-16-37-15-4-5-21-44(37)45)50-27-12-26-49-54(50)57-51-28-7-6-23-46(51)55(49)47-24-10-17-39-29-30-40-18-11-25-48(55)53(40)52(39)47/h1-35H. The molecule has 1 heterocycles. The van der Waals surface area contributed by atoms with Crippen LogP contribution in [0.3, 0.4) is 0 Å². The van der Waals surface area contributed by atoms with Crippen molar-refractivity contribution in [3.8, 4) is 33.8 Å². The third-order valence-corrected chi connectivity index (χ3v) is 12.3. The highest BCUT2D eigenvalue weighted by Gasteiger charge is 2.50. The zero-order valence-electron chi connectivity index (χ0n) is 31.1. The minimum Gasteiger partial charge on any atom is -0.454 e. The van der Waals surface area contributed by atoms with Crippen LogP contribution in [0.4, 0.5) is 17.1 Å². The van der Waals surface area contributed by atoms with Gasteiger partial charge in [0, 0.05) is 22.5 Å². The van der Waals surface area contributed by atoms with Gasteiger partial charge in [0.2, 0.25) is 0 Å². The van der Waals surface area contributed by atoms with E-state index in [9.17, 15) is 0 Å². The van der Waals surface area contributed by atoms with Crippen molar-refractivity contribution >= 4 is 49.4 Å². The maximum Gasteiger partial charge on any atom is 0.156 e. The van der Waals surface area contributed by atoms with Crippen LogP contribution in [0.25, 0.3) is 54.6 Å². The van der Waals surface area contributed by atoms with Crippen molar-refractivity contribution in [2.75, 3.05) is 4.90 Å². The van der Waals surface area contributed by atoms with Crippen LogP contribution in [0.2, 0.25) is 0 Å². The van der Waals surface area contributed by atoms with Crippen LogP contribution in [0.1, 0.15) is 22.3 Å². The predicted molar refractivity (Wildman–Crippen MR) is 236 cm³/mol. The molecular formula is C55H35NO. The first-order chi connectivity index (χ1) is 28.3. The maximum atomic E-state index is 7.22. The molecule has 0 saturated carbocycles. The van der Waals surface area contributed by atoms with Crippen molar-refractivity contribution in [3.63, 3.8) is 0 Å². The van der Waals surface area contributed by atoms with E-state index >= 15 is 0 Å². The van der Waals surface area contributed by atoms with E-state index in [1.54, 1.807) is 0 Å².